The fraction of sp³-hybridized carbons (Fsp3) is 0.816. The number of carbonyl (C=O) groups is 1. The zero-order chi connectivity index (χ0) is 38.6. The van der Waals surface area contributed by atoms with Crippen molar-refractivity contribution in [2.75, 3.05) is 6.61 Å². The number of hydrogen-bond donors (Lipinski definition) is 3. The molecule has 0 aromatic carbocycles. The van der Waals surface area contributed by atoms with Gasteiger partial charge in [0.2, 0.25) is 5.91 Å². The van der Waals surface area contributed by atoms with Crippen LogP contribution in [0.2, 0.25) is 0 Å². The number of rotatable bonds is 42. The summed E-state index contributed by atoms with van der Waals surface area (Å²) in [5.74, 6) is -0.0741. The van der Waals surface area contributed by atoms with Crippen molar-refractivity contribution >= 4 is 5.91 Å². The summed E-state index contributed by atoms with van der Waals surface area (Å²) >= 11 is 0. The molecule has 310 valence electrons. The molecule has 0 aliphatic heterocycles. The van der Waals surface area contributed by atoms with Crippen LogP contribution in [0.4, 0.5) is 0 Å². The predicted octanol–water partition coefficient (Wildman–Crippen LogP) is 14.7. The second kappa shape index (κ2) is 44.7. The van der Waals surface area contributed by atoms with Gasteiger partial charge in [-0.2, -0.15) is 0 Å². The molecule has 3 N–H and O–H groups in total. The van der Waals surface area contributed by atoms with Gasteiger partial charge in [0, 0.05) is 6.42 Å². The number of hydrogen-bond acceptors (Lipinski definition) is 3. The minimum atomic E-state index is -0.860. The standard InChI is InChI=1S/C49H91NO3/c1-3-5-7-9-11-13-15-17-18-19-20-21-22-23-24-25-26-27-28-29-30-31-32-33-35-37-39-41-43-45-49(53)50-47(46-51)48(52)44-42-40-38-36-34-16-14-12-10-8-6-4-2/h15,17,19-20,34,36,42,44,47-48,51-52H,3-14,16,18,21-33,35,37-41,43,45-46H2,1-2H3,(H,50,53)/b17-15-,20-19-,36-34+,44-42+. The van der Waals surface area contributed by atoms with Gasteiger partial charge in [0.05, 0.1) is 18.8 Å². The molecular weight excluding hydrogens is 651 g/mol. The normalized spacial score (nSPS) is 13.4. The first-order valence-corrected chi connectivity index (χ1v) is 23.4. The van der Waals surface area contributed by atoms with Crippen LogP contribution in [-0.4, -0.2) is 34.9 Å². The highest BCUT2D eigenvalue weighted by atomic mass is 16.3. The third kappa shape index (κ3) is 41.4. The Kier molecular flexibility index (Phi) is 43.4. The minimum absolute atomic E-state index is 0.0741. The van der Waals surface area contributed by atoms with Crippen molar-refractivity contribution in [1.29, 1.82) is 0 Å². The molecule has 1 amide bonds. The van der Waals surface area contributed by atoms with E-state index in [1.807, 2.05) is 6.08 Å². The smallest absolute Gasteiger partial charge is 0.220 e. The van der Waals surface area contributed by atoms with E-state index in [9.17, 15) is 15.0 Å². The molecule has 0 saturated carbocycles. The third-order valence-corrected chi connectivity index (χ3v) is 10.5. The highest BCUT2D eigenvalue weighted by Crippen LogP contribution is 2.15. The van der Waals surface area contributed by atoms with Crippen LogP contribution in [0.1, 0.15) is 239 Å². The molecule has 0 radical (unpaired) electrons. The van der Waals surface area contributed by atoms with Gasteiger partial charge in [0.1, 0.15) is 0 Å². The van der Waals surface area contributed by atoms with Crippen molar-refractivity contribution in [2.24, 2.45) is 0 Å². The van der Waals surface area contributed by atoms with Crippen LogP contribution in [0.3, 0.4) is 0 Å². The second-order valence-electron chi connectivity index (χ2n) is 15.8. The molecule has 0 aliphatic carbocycles. The number of nitrogens with one attached hydrogen (secondary N) is 1. The van der Waals surface area contributed by atoms with E-state index in [1.165, 1.54) is 180 Å². The van der Waals surface area contributed by atoms with E-state index >= 15 is 0 Å². The average molecular weight is 742 g/mol. The summed E-state index contributed by atoms with van der Waals surface area (Å²) in [6.07, 6.45) is 61.0. The number of aliphatic hydroxyl groups is 2. The summed E-state index contributed by atoms with van der Waals surface area (Å²) in [6.45, 7) is 4.27. The fourth-order valence-corrected chi connectivity index (χ4v) is 6.93. The molecule has 0 fully saturated rings. The molecule has 2 unspecified atom stereocenters. The first-order valence-electron chi connectivity index (χ1n) is 23.4. The summed E-state index contributed by atoms with van der Waals surface area (Å²) in [7, 11) is 0. The molecule has 0 rings (SSSR count). The number of unbranched alkanes of at least 4 members (excludes halogenated alkanes) is 29. The van der Waals surface area contributed by atoms with Crippen LogP contribution in [0.5, 0.6) is 0 Å². The van der Waals surface area contributed by atoms with Crippen LogP contribution in [0.25, 0.3) is 0 Å². The van der Waals surface area contributed by atoms with Crippen molar-refractivity contribution in [3.8, 4) is 0 Å². The van der Waals surface area contributed by atoms with E-state index in [2.05, 4.69) is 55.6 Å². The zero-order valence-electron chi connectivity index (χ0n) is 35.5. The first-order chi connectivity index (χ1) is 26.2. The maximum atomic E-state index is 12.4. The van der Waals surface area contributed by atoms with E-state index in [4.69, 9.17) is 0 Å². The predicted molar refractivity (Wildman–Crippen MR) is 235 cm³/mol. The highest BCUT2D eigenvalue weighted by Gasteiger charge is 2.17. The van der Waals surface area contributed by atoms with E-state index in [-0.39, 0.29) is 12.5 Å². The van der Waals surface area contributed by atoms with Crippen molar-refractivity contribution in [3.05, 3.63) is 48.6 Å². The van der Waals surface area contributed by atoms with Gasteiger partial charge in [0.25, 0.3) is 0 Å². The lowest BCUT2D eigenvalue weighted by atomic mass is 10.0. The number of carbonyl (C=O) groups excluding carboxylic acids is 1. The second-order valence-corrected chi connectivity index (χ2v) is 15.8. The SMILES string of the molecule is CCCCCCC/C=C\C/C=C\CCCCCCCCCCCCCCCCCCCC(=O)NC(CO)C(O)/C=C/CC/C=C/CCCCCCCC. The Labute approximate surface area is 331 Å². The molecule has 4 heteroatoms. The van der Waals surface area contributed by atoms with Gasteiger partial charge < -0.3 is 15.5 Å². The Hall–Kier alpha value is -1.65. The summed E-state index contributed by atoms with van der Waals surface area (Å²) in [5.41, 5.74) is 0. The van der Waals surface area contributed by atoms with Crippen molar-refractivity contribution in [2.45, 2.75) is 251 Å². The lowest BCUT2D eigenvalue weighted by molar-refractivity contribution is -0.123. The molecule has 0 aliphatic rings. The quantitative estimate of drug-likeness (QED) is 0.0431. The Morgan fingerprint density at radius 3 is 1.21 bits per heavy atom. The lowest BCUT2D eigenvalue weighted by Crippen LogP contribution is -2.45. The number of aliphatic hydroxyl groups excluding tert-OH is 2. The number of amides is 1. The molecular formula is C49H91NO3. The van der Waals surface area contributed by atoms with Gasteiger partial charge in [-0.25, -0.2) is 0 Å². The lowest BCUT2D eigenvalue weighted by Gasteiger charge is -2.19. The van der Waals surface area contributed by atoms with Crippen molar-refractivity contribution in [3.63, 3.8) is 0 Å². The molecule has 0 heterocycles. The Morgan fingerprint density at radius 2 is 0.792 bits per heavy atom. The summed E-state index contributed by atoms with van der Waals surface area (Å²) in [4.78, 5) is 12.4. The molecule has 0 bridgehead atoms. The first kappa shape index (κ1) is 51.4. The van der Waals surface area contributed by atoms with Crippen molar-refractivity contribution in [1.82, 2.24) is 5.32 Å². The topological polar surface area (TPSA) is 69.6 Å². The largest absolute Gasteiger partial charge is 0.394 e. The van der Waals surface area contributed by atoms with E-state index < -0.39 is 12.1 Å². The maximum Gasteiger partial charge on any atom is 0.220 e. The molecule has 0 aromatic heterocycles. The van der Waals surface area contributed by atoms with Gasteiger partial charge in [-0.3, -0.25) is 4.79 Å². The molecule has 0 aromatic rings. The van der Waals surface area contributed by atoms with Crippen LogP contribution >= 0.6 is 0 Å². The zero-order valence-corrected chi connectivity index (χ0v) is 35.5. The maximum absolute atomic E-state index is 12.4. The Morgan fingerprint density at radius 1 is 0.453 bits per heavy atom. The van der Waals surface area contributed by atoms with Gasteiger partial charge in [-0.05, 0) is 64.2 Å². The summed E-state index contributed by atoms with van der Waals surface area (Å²) in [5, 5.41) is 22.9. The van der Waals surface area contributed by atoms with Crippen LogP contribution in [-0.2, 0) is 4.79 Å². The Balaban J connectivity index is 3.49. The summed E-state index contributed by atoms with van der Waals surface area (Å²) in [6, 6.07) is -0.637. The van der Waals surface area contributed by atoms with Gasteiger partial charge in [-0.1, -0.05) is 217 Å². The monoisotopic (exact) mass is 742 g/mol. The van der Waals surface area contributed by atoms with Crippen molar-refractivity contribution < 1.29 is 15.0 Å². The van der Waals surface area contributed by atoms with Gasteiger partial charge >= 0.3 is 0 Å². The number of allylic oxidation sites excluding steroid dienone is 7. The highest BCUT2D eigenvalue weighted by molar-refractivity contribution is 5.76. The van der Waals surface area contributed by atoms with E-state index in [1.54, 1.807) is 6.08 Å². The fourth-order valence-electron chi connectivity index (χ4n) is 6.93. The third-order valence-electron chi connectivity index (χ3n) is 10.5. The van der Waals surface area contributed by atoms with E-state index in [0.29, 0.717) is 6.42 Å². The molecule has 2 atom stereocenters. The average Bonchev–Trinajstić information content (AvgIpc) is 3.16. The molecule has 0 spiro atoms. The van der Waals surface area contributed by atoms with Gasteiger partial charge in [-0.15, -0.1) is 0 Å². The Bertz CT molecular complexity index is 847. The molecule has 4 nitrogen and oxygen atoms in total. The summed E-state index contributed by atoms with van der Waals surface area (Å²) < 4.78 is 0. The van der Waals surface area contributed by atoms with Crippen LogP contribution in [0, 0.1) is 0 Å². The molecule has 53 heavy (non-hydrogen) atoms. The van der Waals surface area contributed by atoms with Crippen LogP contribution in [0.15, 0.2) is 48.6 Å². The van der Waals surface area contributed by atoms with E-state index in [0.717, 1.165) is 38.5 Å². The minimum Gasteiger partial charge on any atom is -0.394 e. The van der Waals surface area contributed by atoms with Gasteiger partial charge in [0.15, 0.2) is 0 Å². The van der Waals surface area contributed by atoms with Crippen LogP contribution < -0.4 is 5.32 Å². The molecule has 0 saturated heterocycles.